The number of hydrogen-bond acceptors (Lipinski definition) is 7. The minimum Gasteiger partial charge on any atom is -0.462 e. The molecule has 8 nitrogen and oxygen atoms in total. The van der Waals surface area contributed by atoms with Crippen molar-refractivity contribution >= 4 is 44.8 Å². The summed E-state index contributed by atoms with van der Waals surface area (Å²) >= 11 is 1.09. The second-order valence-electron chi connectivity index (χ2n) is 7.05. The molecule has 1 aromatic heterocycles. The highest BCUT2D eigenvalue weighted by atomic mass is 32.2. The fourth-order valence-electron chi connectivity index (χ4n) is 3.51. The maximum Gasteiger partial charge on any atom is 0.338 e. The molecule has 1 saturated heterocycles. The topological polar surface area (TPSA) is 101 Å². The molecular weight excluding hydrogens is 428 g/mol. The van der Waals surface area contributed by atoms with Crippen molar-refractivity contribution in [3.05, 3.63) is 47.3 Å². The summed E-state index contributed by atoms with van der Waals surface area (Å²) in [7, 11) is -3.87. The lowest BCUT2D eigenvalue weighted by Gasteiger charge is -2.26. The van der Waals surface area contributed by atoms with Gasteiger partial charge in [0.15, 0.2) is 0 Å². The monoisotopic (exact) mass is 448 g/mol. The van der Waals surface area contributed by atoms with E-state index in [1.54, 1.807) is 18.4 Å². The Bertz CT molecular complexity index is 1080. The normalized spacial score (nSPS) is 19.5. The summed E-state index contributed by atoms with van der Waals surface area (Å²) < 4.78 is 32.6. The maximum absolute atomic E-state index is 13.1. The number of anilines is 1. The van der Waals surface area contributed by atoms with Crippen molar-refractivity contribution < 1.29 is 27.5 Å². The van der Waals surface area contributed by atoms with Crippen LogP contribution >= 0.6 is 11.3 Å². The third-order valence-electron chi connectivity index (χ3n) is 5.00. The van der Waals surface area contributed by atoms with Gasteiger partial charge in [0.05, 0.1) is 24.3 Å². The van der Waals surface area contributed by atoms with Crippen molar-refractivity contribution in [2.75, 3.05) is 11.5 Å². The van der Waals surface area contributed by atoms with Crippen molar-refractivity contribution in [1.82, 2.24) is 4.31 Å². The Labute approximate surface area is 178 Å². The summed E-state index contributed by atoms with van der Waals surface area (Å²) in [4.78, 5) is 38.6. The number of benzene rings is 1. The standard InChI is InChI=1S/C20H20N2O6S2/c1-2-28-20(25)13-5-7-14(8-6-13)21-17(23)12-16(19(21)24)22(15-9-10-15)30(26,27)18-4-3-11-29-18/h3-8,11,15-16H,2,9-10,12H2,1H3. The van der Waals surface area contributed by atoms with Gasteiger partial charge >= 0.3 is 5.97 Å². The van der Waals surface area contributed by atoms with Gasteiger partial charge in [0.1, 0.15) is 10.3 Å². The lowest BCUT2D eigenvalue weighted by Crippen LogP contribution is -2.46. The molecule has 2 amide bonds. The first-order valence-electron chi connectivity index (χ1n) is 9.55. The molecule has 1 aliphatic heterocycles. The van der Waals surface area contributed by atoms with E-state index < -0.39 is 33.8 Å². The predicted molar refractivity (Wildman–Crippen MR) is 110 cm³/mol. The third kappa shape index (κ3) is 3.66. The number of rotatable bonds is 7. The Morgan fingerprint density at radius 2 is 1.90 bits per heavy atom. The molecule has 0 bridgehead atoms. The van der Waals surface area contributed by atoms with E-state index >= 15 is 0 Å². The Balaban J connectivity index is 1.61. The van der Waals surface area contributed by atoms with Gasteiger partial charge in [0, 0.05) is 6.04 Å². The molecule has 2 aromatic rings. The lowest BCUT2D eigenvalue weighted by molar-refractivity contribution is -0.122. The molecule has 0 spiro atoms. The fourth-order valence-corrected chi connectivity index (χ4v) is 6.43. The summed E-state index contributed by atoms with van der Waals surface area (Å²) in [5, 5.41) is 1.66. The first-order chi connectivity index (χ1) is 14.3. The van der Waals surface area contributed by atoms with Crippen LogP contribution in [0, 0.1) is 0 Å². The first kappa shape index (κ1) is 20.7. The van der Waals surface area contributed by atoms with Gasteiger partial charge in [-0.15, -0.1) is 11.3 Å². The van der Waals surface area contributed by atoms with Crippen LogP contribution in [0.4, 0.5) is 5.69 Å². The quantitative estimate of drug-likeness (QED) is 0.476. The van der Waals surface area contributed by atoms with Gasteiger partial charge in [0.2, 0.25) is 5.91 Å². The van der Waals surface area contributed by atoms with Crippen LogP contribution in [0.3, 0.4) is 0 Å². The number of ether oxygens (including phenoxy) is 1. The van der Waals surface area contributed by atoms with E-state index in [-0.39, 0.29) is 23.3 Å². The van der Waals surface area contributed by atoms with E-state index in [4.69, 9.17) is 4.74 Å². The van der Waals surface area contributed by atoms with E-state index in [1.807, 2.05) is 0 Å². The summed E-state index contributed by atoms with van der Waals surface area (Å²) in [6.07, 6.45) is 1.12. The second-order valence-corrected chi connectivity index (χ2v) is 10.1. The Morgan fingerprint density at radius 1 is 1.20 bits per heavy atom. The predicted octanol–water partition coefficient (Wildman–Crippen LogP) is 2.41. The molecule has 10 heteroatoms. The zero-order valence-electron chi connectivity index (χ0n) is 16.2. The highest BCUT2D eigenvalue weighted by Crippen LogP contribution is 2.39. The Kier molecular flexibility index (Phi) is 5.48. The van der Waals surface area contributed by atoms with Crippen molar-refractivity contribution in [1.29, 1.82) is 0 Å². The van der Waals surface area contributed by atoms with E-state index in [2.05, 4.69) is 0 Å². The molecule has 158 valence electrons. The average Bonchev–Trinajstić information content (AvgIpc) is 3.27. The molecule has 1 unspecified atom stereocenters. The molecule has 1 aliphatic carbocycles. The molecule has 4 rings (SSSR count). The Morgan fingerprint density at radius 3 is 2.47 bits per heavy atom. The third-order valence-corrected chi connectivity index (χ3v) is 8.33. The van der Waals surface area contributed by atoms with Crippen molar-refractivity contribution in [3.8, 4) is 0 Å². The average molecular weight is 449 g/mol. The maximum atomic E-state index is 13.1. The summed E-state index contributed by atoms with van der Waals surface area (Å²) in [6.45, 7) is 1.94. The van der Waals surface area contributed by atoms with E-state index in [0.29, 0.717) is 24.1 Å². The van der Waals surface area contributed by atoms with Crippen LogP contribution in [0.25, 0.3) is 0 Å². The number of thiophene rings is 1. The lowest BCUT2D eigenvalue weighted by atomic mass is 10.2. The van der Waals surface area contributed by atoms with Gasteiger partial charge in [-0.25, -0.2) is 18.1 Å². The number of imide groups is 1. The van der Waals surface area contributed by atoms with Gasteiger partial charge in [-0.2, -0.15) is 4.31 Å². The van der Waals surface area contributed by atoms with Gasteiger partial charge in [-0.1, -0.05) is 6.07 Å². The molecule has 0 N–H and O–H groups in total. The highest BCUT2D eigenvalue weighted by molar-refractivity contribution is 7.91. The van der Waals surface area contributed by atoms with Crippen LogP contribution in [0.5, 0.6) is 0 Å². The van der Waals surface area contributed by atoms with Crippen LogP contribution in [0.1, 0.15) is 36.5 Å². The van der Waals surface area contributed by atoms with Gasteiger partial charge in [-0.05, 0) is 55.5 Å². The smallest absolute Gasteiger partial charge is 0.338 e. The van der Waals surface area contributed by atoms with Crippen LogP contribution in [0.15, 0.2) is 46.0 Å². The number of carbonyl (C=O) groups excluding carboxylic acids is 3. The summed E-state index contributed by atoms with van der Waals surface area (Å²) in [6, 6.07) is 7.72. The zero-order valence-corrected chi connectivity index (χ0v) is 17.8. The van der Waals surface area contributed by atoms with Crippen molar-refractivity contribution in [2.45, 2.75) is 42.5 Å². The number of hydrogen-bond donors (Lipinski definition) is 0. The van der Waals surface area contributed by atoms with Crippen LogP contribution < -0.4 is 4.90 Å². The van der Waals surface area contributed by atoms with E-state index in [1.165, 1.54) is 34.6 Å². The SMILES string of the molecule is CCOC(=O)c1ccc(N2C(=O)CC(N(C3CC3)S(=O)(=O)c3cccs3)C2=O)cc1. The first-order valence-corrected chi connectivity index (χ1v) is 11.9. The summed E-state index contributed by atoms with van der Waals surface area (Å²) in [5.74, 6) is -1.54. The summed E-state index contributed by atoms with van der Waals surface area (Å²) in [5.41, 5.74) is 0.598. The molecule has 2 aliphatic rings. The second kappa shape index (κ2) is 7.93. The number of esters is 1. The van der Waals surface area contributed by atoms with Crippen LogP contribution in [0.2, 0.25) is 0 Å². The molecule has 1 atom stereocenters. The van der Waals surface area contributed by atoms with Crippen LogP contribution in [-0.2, 0) is 24.3 Å². The molecule has 1 saturated carbocycles. The molecule has 1 aromatic carbocycles. The largest absolute Gasteiger partial charge is 0.462 e. The minimum atomic E-state index is -3.87. The molecule has 0 radical (unpaired) electrons. The number of nitrogens with zero attached hydrogens (tertiary/aromatic N) is 2. The van der Waals surface area contributed by atoms with E-state index in [9.17, 15) is 22.8 Å². The molecular formula is C20H20N2O6S2. The molecule has 2 heterocycles. The van der Waals surface area contributed by atoms with Gasteiger partial charge in [0.25, 0.3) is 15.9 Å². The number of amides is 2. The molecule has 2 fully saturated rings. The Hall–Kier alpha value is -2.56. The number of carbonyl (C=O) groups is 3. The van der Waals surface area contributed by atoms with Gasteiger partial charge < -0.3 is 4.74 Å². The van der Waals surface area contributed by atoms with E-state index in [0.717, 1.165) is 16.2 Å². The van der Waals surface area contributed by atoms with Crippen molar-refractivity contribution in [3.63, 3.8) is 0 Å². The van der Waals surface area contributed by atoms with Crippen molar-refractivity contribution in [2.24, 2.45) is 0 Å². The fraction of sp³-hybridized carbons (Fsp3) is 0.350. The minimum absolute atomic E-state index is 0.159. The van der Waals surface area contributed by atoms with Gasteiger partial charge in [-0.3, -0.25) is 9.59 Å². The number of sulfonamides is 1. The van der Waals surface area contributed by atoms with Crippen LogP contribution in [-0.4, -0.2) is 49.2 Å². The molecule has 30 heavy (non-hydrogen) atoms. The zero-order chi connectivity index (χ0) is 21.5. The highest BCUT2D eigenvalue weighted by Gasteiger charge is 2.52.